The van der Waals surface area contributed by atoms with Gasteiger partial charge in [-0.2, -0.15) is 0 Å². The molecular formula is C10H12F3NO. The molecule has 15 heavy (non-hydrogen) atoms. The number of rotatable bonds is 3. The normalized spacial score (nSPS) is 11.6. The van der Waals surface area contributed by atoms with E-state index in [9.17, 15) is 13.2 Å². The van der Waals surface area contributed by atoms with Crippen LogP contribution in [0.5, 0.6) is 5.75 Å². The molecule has 0 aliphatic carbocycles. The molecule has 1 rings (SSSR count). The number of nitrogens with two attached hydrogens (primary N) is 1. The van der Waals surface area contributed by atoms with Gasteiger partial charge in [-0.05, 0) is 13.8 Å². The first-order chi connectivity index (χ1) is 6.79. The maximum Gasteiger partial charge on any atom is 0.190 e. The zero-order chi connectivity index (χ0) is 11.6. The van der Waals surface area contributed by atoms with E-state index in [2.05, 4.69) is 0 Å². The van der Waals surface area contributed by atoms with Gasteiger partial charge in [0.2, 0.25) is 0 Å². The number of ether oxygens (including phenoxy) is 1. The maximum atomic E-state index is 13.0. The van der Waals surface area contributed by atoms with Gasteiger partial charge >= 0.3 is 0 Å². The molecule has 84 valence electrons. The highest BCUT2D eigenvalue weighted by atomic mass is 19.1. The molecule has 0 unspecified atom stereocenters. The van der Waals surface area contributed by atoms with E-state index in [-0.39, 0.29) is 6.61 Å². The number of halogens is 3. The molecule has 1 aromatic rings. The summed E-state index contributed by atoms with van der Waals surface area (Å²) in [6, 6.07) is 1.11. The molecule has 1 aromatic carbocycles. The third-order valence-corrected chi connectivity index (χ3v) is 1.55. The Morgan fingerprint density at radius 2 is 1.67 bits per heavy atom. The summed E-state index contributed by atoms with van der Waals surface area (Å²) in [6.07, 6.45) is 0. The Bertz CT molecular complexity index is 337. The van der Waals surface area contributed by atoms with E-state index >= 15 is 0 Å². The van der Waals surface area contributed by atoms with Crippen LogP contribution in [0.1, 0.15) is 13.8 Å². The monoisotopic (exact) mass is 219 g/mol. The van der Waals surface area contributed by atoms with Crippen molar-refractivity contribution in [3.63, 3.8) is 0 Å². The molecule has 0 bridgehead atoms. The average molecular weight is 219 g/mol. The van der Waals surface area contributed by atoms with E-state index in [1.165, 1.54) is 0 Å². The number of hydrogen-bond donors (Lipinski definition) is 1. The molecule has 0 spiro atoms. The van der Waals surface area contributed by atoms with Crippen molar-refractivity contribution >= 4 is 0 Å². The summed E-state index contributed by atoms with van der Waals surface area (Å²) in [4.78, 5) is 0. The summed E-state index contributed by atoms with van der Waals surface area (Å²) in [5.41, 5.74) is 4.85. The van der Waals surface area contributed by atoms with Crippen LogP contribution in [-0.4, -0.2) is 12.1 Å². The third kappa shape index (κ3) is 3.43. The summed E-state index contributed by atoms with van der Waals surface area (Å²) >= 11 is 0. The van der Waals surface area contributed by atoms with Crippen LogP contribution in [0, 0.1) is 17.5 Å². The highest BCUT2D eigenvalue weighted by molar-refractivity contribution is 5.27. The molecule has 0 fully saturated rings. The van der Waals surface area contributed by atoms with Crippen molar-refractivity contribution in [1.82, 2.24) is 0 Å². The highest BCUT2D eigenvalue weighted by Gasteiger charge is 2.17. The van der Waals surface area contributed by atoms with Crippen molar-refractivity contribution in [1.29, 1.82) is 0 Å². The van der Waals surface area contributed by atoms with Crippen molar-refractivity contribution in [3.8, 4) is 5.75 Å². The average Bonchev–Trinajstić information content (AvgIpc) is 1.99. The van der Waals surface area contributed by atoms with Crippen molar-refractivity contribution in [2.75, 3.05) is 6.61 Å². The Morgan fingerprint density at radius 3 is 2.07 bits per heavy atom. The van der Waals surface area contributed by atoms with E-state index in [1.807, 2.05) is 0 Å². The van der Waals surface area contributed by atoms with Crippen LogP contribution in [0.3, 0.4) is 0 Å². The Kier molecular flexibility index (Phi) is 3.24. The predicted molar refractivity (Wildman–Crippen MR) is 50.1 cm³/mol. The summed E-state index contributed by atoms with van der Waals surface area (Å²) in [5, 5.41) is 0. The summed E-state index contributed by atoms with van der Waals surface area (Å²) in [6.45, 7) is 3.23. The van der Waals surface area contributed by atoms with Crippen LogP contribution in [-0.2, 0) is 0 Å². The largest absolute Gasteiger partial charge is 0.486 e. The molecule has 0 atom stereocenters. The van der Waals surface area contributed by atoms with Gasteiger partial charge in [-0.1, -0.05) is 0 Å². The van der Waals surface area contributed by atoms with Crippen LogP contribution in [0.2, 0.25) is 0 Å². The van der Waals surface area contributed by atoms with Gasteiger partial charge < -0.3 is 10.5 Å². The maximum absolute atomic E-state index is 13.0. The lowest BCUT2D eigenvalue weighted by molar-refractivity contribution is 0.223. The molecule has 2 N–H and O–H groups in total. The van der Waals surface area contributed by atoms with E-state index in [0.717, 1.165) is 0 Å². The van der Waals surface area contributed by atoms with Gasteiger partial charge in [0.15, 0.2) is 17.4 Å². The first-order valence-electron chi connectivity index (χ1n) is 4.36. The standard InChI is InChI=1S/C10H12F3NO/c1-10(2,14)5-15-9-7(12)3-6(11)4-8(9)13/h3-4H,5,14H2,1-2H3. The highest BCUT2D eigenvalue weighted by Crippen LogP contribution is 2.23. The lowest BCUT2D eigenvalue weighted by Crippen LogP contribution is -2.39. The van der Waals surface area contributed by atoms with E-state index in [0.29, 0.717) is 12.1 Å². The molecule has 0 heterocycles. The Balaban J connectivity index is 2.86. The van der Waals surface area contributed by atoms with Gasteiger partial charge in [0.25, 0.3) is 0 Å². The molecule has 0 aromatic heterocycles. The SMILES string of the molecule is CC(C)(N)COc1c(F)cc(F)cc1F. The van der Waals surface area contributed by atoms with Crippen molar-refractivity contribution in [3.05, 3.63) is 29.6 Å². The van der Waals surface area contributed by atoms with Crippen LogP contribution in [0.15, 0.2) is 12.1 Å². The molecule has 0 radical (unpaired) electrons. The number of benzene rings is 1. The minimum atomic E-state index is -1.07. The van der Waals surface area contributed by atoms with Gasteiger partial charge in [-0.25, -0.2) is 13.2 Å². The van der Waals surface area contributed by atoms with Crippen molar-refractivity contribution < 1.29 is 17.9 Å². The fraction of sp³-hybridized carbons (Fsp3) is 0.400. The molecule has 5 heteroatoms. The molecule has 0 saturated carbocycles. The molecular weight excluding hydrogens is 207 g/mol. The minimum Gasteiger partial charge on any atom is -0.486 e. The molecule has 0 aliphatic rings. The minimum absolute atomic E-state index is 0.0630. The second kappa shape index (κ2) is 4.10. The second-order valence-electron chi connectivity index (χ2n) is 3.98. The van der Waals surface area contributed by atoms with Crippen LogP contribution in [0.25, 0.3) is 0 Å². The Labute approximate surface area is 85.8 Å². The van der Waals surface area contributed by atoms with Crippen molar-refractivity contribution in [2.24, 2.45) is 5.73 Å². The summed E-state index contributed by atoms with van der Waals surface area (Å²) in [7, 11) is 0. The first-order valence-corrected chi connectivity index (χ1v) is 4.36. The topological polar surface area (TPSA) is 35.2 Å². The van der Waals surface area contributed by atoms with Crippen molar-refractivity contribution in [2.45, 2.75) is 19.4 Å². The fourth-order valence-electron chi connectivity index (χ4n) is 0.925. The van der Waals surface area contributed by atoms with Gasteiger partial charge in [-0.15, -0.1) is 0 Å². The van der Waals surface area contributed by atoms with Gasteiger partial charge in [0.1, 0.15) is 12.4 Å². The first kappa shape index (κ1) is 11.8. The number of hydrogen-bond acceptors (Lipinski definition) is 2. The zero-order valence-corrected chi connectivity index (χ0v) is 8.48. The lowest BCUT2D eigenvalue weighted by Gasteiger charge is -2.19. The zero-order valence-electron chi connectivity index (χ0n) is 8.48. The van der Waals surface area contributed by atoms with Crippen LogP contribution in [0.4, 0.5) is 13.2 Å². The Hall–Kier alpha value is -1.23. The second-order valence-corrected chi connectivity index (χ2v) is 3.98. The van der Waals surface area contributed by atoms with E-state index < -0.39 is 28.7 Å². The smallest absolute Gasteiger partial charge is 0.190 e. The third-order valence-electron chi connectivity index (χ3n) is 1.55. The predicted octanol–water partition coefficient (Wildman–Crippen LogP) is 2.22. The molecule has 0 amide bonds. The van der Waals surface area contributed by atoms with Crippen LogP contribution >= 0.6 is 0 Å². The molecule has 0 saturated heterocycles. The van der Waals surface area contributed by atoms with E-state index in [1.54, 1.807) is 13.8 Å². The van der Waals surface area contributed by atoms with Gasteiger partial charge in [-0.3, -0.25) is 0 Å². The molecule has 0 aliphatic heterocycles. The van der Waals surface area contributed by atoms with Crippen LogP contribution < -0.4 is 10.5 Å². The Morgan fingerprint density at radius 1 is 1.20 bits per heavy atom. The fourth-order valence-corrected chi connectivity index (χ4v) is 0.925. The quantitative estimate of drug-likeness (QED) is 0.845. The summed E-state index contributed by atoms with van der Waals surface area (Å²) in [5.74, 6) is -3.73. The summed E-state index contributed by atoms with van der Waals surface area (Å²) < 4.78 is 43.4. The van der Waals surface area contributed by atoms with E-state index in [4.69, 9.17) is 10.5 Å². The van der Waals surface area contributed by atoms with Gasteiger partial charge in [0, 0.05) is 17.7 Å². The molecule has 2 nitrogen and oxygen atoms in total. The lowest BCUT2D eigenvalue weighted by atomic mass is 10.1. The van der Waals surface area contributed by atoms with Gasteiger partial charge in [0.05, 0.1) is 0 Å².